The van der Waals surface area contributed by atoms with Crippen molar-refractivity contribution in [1.82, 2.24) is 0 Å². The summed E-state index contributed by atoms with van der Waals surface area (Å²) in [6.07, 6.45) is 0. The molecular weight excluding hydrogens is 188 g/mol. The summed E-state index contributed by atoms with van der Waals surface area (Å²) in [4.78, 5) is 11.6. The summed E-state index contributed by atoms with van der Waals surface area (Å²) in [7, 11) is 0. The summed E-state index contributed by atoms with van der Waals surface area (Å²) < 4.78 is 0. The van der Waals surface area contributed by atoms with E-state index in [1.165, 1.54) is 11.8 Å². The lowest BCUT2D eigenvalue weighted by atomic mass is 10.5. The molecule has 12 heavy (non-hydrogen) atoms. The minimum Gasteiger partial charge on any atom is -0.288 e. The normalized spacial score (nSPS) is 8.75. The molecule has 0 aliphatic carbocycles. The highest BCUT2D eigenvalue weighted by Crippen LogP contribution is 2.06. The summed E-state index contributed by atoms with van der Waals surface area (Å²) in [6.45, 7) is 1.55. The van der Waals surface area contributed by atoms with Crippen LogP contribution in [0.15, 0.2) is 17.5 Å². The molecule has 1 nitrogen and oxygen atoms in total. The molecule has 0 atom stereocenters. The van der Waals surface area contributed by atoms with Crippen molar-refractivity contribution in [3.05, 3.63) is 22.4 Å². The maximum atomic E-state index is 10.5. The number of thiophene rings is 1. The van der Waals surface area contributed by atoms with E-state index >= 15 is 0 Å². The van der Waals surface area contributed by atoms with E-state index in [1.807, 2.05) is 17.5 Å². The third-order valence-corrected chi connectivity index (χ3v) is 2.56. The first-order valence-corrected chi connectivity index (χ1v) is 5.31. The van der Waals surface area contributed by atoms with Gasteiger partial charge in [0.25, 0.3) is 0 Å². The standard InChI is InChI=1S/C9H8OS2/c1-8(10)11-6-2-4-9-5-3-7-12-9/h3,5,7H,6H2,1H3. The first kappa shape index (κ1) is 9.37. The van der Waals surface area contributed by atoms with Crippen LogP contribution < -0.4 is 0 Å². The zero-order chi connectivity index (χ0) is 8.81. The third kappa shape index (κ3) is 3.61. The maximum Gasteiger partial charge on any atom is 0.186 e. The van der Waals surface area contributed by atoms with E-state index in [0.717, 1.165) is 4.88 Å². The van der Waals surface area contributed by atoms with E-state index in [-0.39, 0.29) is 5.12 Å². The first-order chi connectivity index (χ1) is 5.79. The van der Waals surface area contributed by atoms with Crippen LogP contribution in [0.2, 0.25) is 0 Å². The zero-order valence-corrected chi connectivity index (χ0v) is 8.30. The highest BCUT2D eigenvalue weighted by molar-refractivity contribution is 8.13. The monoisotopic (exact) mass is 196 g/mol. The van der Waals surface area contributed by atoms with Gasteiger partial charge in [-0.25, -0.2) is 0 Å². The molecule has 1 aromatic heterocycles. The Hall–Kier alpha value is -0.720. The van der Waals surface area contributed by atoms with Gasteiger partial charge in [0.15, 0.2) is 5.12 Å². The van der Waals surface area contributed by atoms with Crippen molar-refractivity contribution in [2.45, 2.75) is 6.92 Å². The largest absolute Gasteiger partial charge is 0.288 e. The molecule has 0 saturated heterocycles. The van der Waals surface area contributed by atoms with Crippen molar-refractivity contribution < 1.29 is 4.79 Å². The molecule has 1 rings (SSSR count). The van der Waals surface area contributed by atoms with Crippen molar-refractivity contribution in [3.63, 3.8) is 0 Å². The predicted octanol–water partition coefficient (Wildman–Crippen LogP) is 2.38. The first-order valence-electron chi connectivity index (χ1n) is 3.45. The van der Waals surface area contributed by atoms with E-state index in [1.54, 1.807) is 18.3 Å². The van der Waals surface area contributed by atoms with Crippen LogP contribution in [0.1, 0.15) is 11.8 Å². The average molecular weight is 196 g/mol. The Bertz CT molecular complexity index is 303. The quantitative estimate of drug-likeness (QED) is 0.641. The molecule has 3 heteroatoms. The van der Waals surface area contributed by atoms with Crippen LogP contribution in [0.3, 0.4) is 0 Å². The Kier molecular flexibility index (Phi) is 3.92. The number of rotatable bonds is 1. The van der Waals surface area contributed by atoms with E-state index in [4.69, 9.17) is 0 Å². The molecule has 0 bridgehead atoms. The molecule has 1 heterocycles. The van der Waals surface area contributed by atoms with Gasteiger partial charge in [0.05, 0.1) is 10.6 Å². The second kappa shape index (κ2) is 5.02. The lowest BCUT2D eigenvalue weighted by molar-refractivity contribution is -0.109. The SMILES string of the molecule is CC(=O)SCC#Cc1cccs1. The molecule has 0 unspecified atom stereocenters. The van der Waals surface area contributed by atoms with Gasteiger partial charge in [0.2, 0.25) is 0 Å². The Balaban J connectivity index is 2.35. The van der Waals surface area contributed by atoms with Gasteiger partial charge >= 0.3 is 0 Å². The molecule has 0 fully saturated rings. The van der Waals surface area contributed by atoms with Gasteiger partial charge in [0.1, 0.15) is 0 Å². The molecule has 0 aliphatic heterocycles. The van der Waals surface area contributed by atoms with Crippen molar-refractivity contribution in [2.24, 2.45) is 0 Å². The van der Waals surface area contributed by atoms with Gasteiger partial charge in [-0.3, -0.25) is 4.79 Å². The fraction of sp³-hybridized carbons (Fsp3) is 0.222. The third-order valence-electron chi connectivity index (χ3n) is 1.08. The summed E-state index contributed by atoms with van der Waals surface area (Å²) in [5.74, 6) is 6.49. The molecule has 0 saturated carbocycles. The lowest BCUT2D eigenvalue weighted by Crippen LogP contribution is -1.81. The molecule has 0 aromatic carbocycles. The smallest absolute Gasteiger partial charge is 0.186 e. The molecule has 0 radical (unpaired) electrons. The Morgan fingerprint density at radius 3 is 3.17 bits per heavy atom. The summed E-state index contributed by atoms with van der Waals surface area (Å²) >= 11 is 2.86. The fourth-order valence-electron chi connectivity index (χ4n) is 0.611. The van der Waals surface area contributed by atoms with Crippen molar-refractivity contribution in [3.8, 4) is 11.8 Å². The molecule has 1 aromatic rings. The van der Waals surface area contributed by atoms with Crippen molar-refractivity contribution in [2.75, 3.05) is 5.75 Å². The molecule has 62 valence electrons. The van der Waals surface area contributed by atoms with Gasteiger partial charge in [-0.2, -0.15) is 0 Å². The number of thioether (sulfide) groups is 1. The highest BCUT2D eigenvalue weighted by atomic mass is 32.2. The van der Waals surface area contributed by atoms with E-state index in [2.05, 4.69) is 11.8 Å². The summed E-state index contributed by atoms with van der Waals surface area (Å²) in [5.41, 5.74) is 0. The number of carbonyl (C=O) groups excluding carboxylic acids is 1. The van der Waals surface area contributed by atoms with Crippen LogP contribution in [0.5, 0.6) is 0 Å². The van der Waals surface area contributed by atoms with Crippen LogP contribution in [-0.2, 0) is 4.79 Å². The second-order valence-corrected chi connectivity index (χ2v) is 4.16. The van der Waals surface area contributed by atoms with Gasteiger partial charge in [-0.05, 0) is 11.4 Å². The maximum absolute atomic E-state index is 10.5. The second-order valence-electron chi connectivity index (χ2n) is 2.06. The van der Waals surface area contributed by atoms with Gasteiger partial charge in [0, 0.05) is 6.92 Å². The fourth-order valence-corrected chi connectivity index (χ4v) is 1.55. The number of hydrogen-bond donors (Lipinski definition) is 0. The Labute approximate surface area is 80.2 Å². The van der Waals surface area contributed by atoms with Gasteiger partial charge in [-0.1, -0.05) is 29.7 Å². The Morgan fingerprint density at radius 1 is 1.75 bits per heavy atom. The molecular formula is C9H8OS2. The van der Waals surface area contributed by atoms with Crippen LogP contribution in [0.4, 0.5) is 0 Å². The van der Waals surface area contributed by atoms with Crippen LogP contribution >= 0.6 is 23.1 Å². The molecule has 0 N–H and O–H groups in total. The Morgan fingerprint density at radius 2 is 2.58 bits per heavy atom. The van der Waals surface area contributed by atoms with E-state index < -0.39 is 0 Å². The zero-order valence-electron chi connectivity index (χ0n) is 6.66. The summed E-state index contributed by atoms with van der Waals surface area (Å²) in [6, 6.07) is 3.93. The molecule has 0 amide bonds. The lowest BCUT2D eigenvalue weighted by Gasteiger charge is -1.83. The predicted molar refractivity (Wildman–Crippen MR) is 54.3 cm³/mol. The summed E-state index contributed by atoms with van der Waals surface area (Å²) in [5, 5.41) is 2.11. The topological polar surface area (TPSA) is 17.1 Å². The van der Waals surface area contributed by atoms with Crippen LogP contribution in [0.25, 0.3) is 0 Å². The minimum atomic E-state index is 0.121. The van der Waals surface area contributed by atoms with E-state index in [0.29, 0.717) is 5.75 Å². The number of carbonyl (C=O) groups is 1. The highest BCUT2D eigenvalue weighted by Gasteiger charge is 1.88. The van der Waals surface area contributed by atoms with Gasteiger partial charge in [-0.15, -0.1) is 11.3 Å². The molecule has 0 aliphatic rings. The van der Waals surface area contributed by atoms with Crippen molar-refractivity contribution in [1.29, 1.82) is 0 Å². The average Bonchev–Trinajstić information content (AvgIpc) is 2.49. The van der Waals surface area contributed by atoms with Crippen molar-refractivity contribution >= 4 is 28.2 Å². The van der Waals surface area contributed by atoms with E-state index in [9.17, 15) is 4.79 Å². The van der Waals surface area contributed by atoms with Crippen LogP contribution in [-0.4, -0.2) is 10.9 Å². The van der Waals surface area contributed by atoms with Gasteiger partial charge < -0.3 is 0 Å². The minimum absolute atomic E-state index is 0.121. The molecule has 0 spiro atoms. The van der Waals surface area contributed by atoms with Crippen LogP contribution in [0, 0.1) is 11.8 Å². The number of hydrogen-bond acceptors (Lipinski definition) is 3.